The first-order chi connectivity index (χ1) is 25.6. The van der Waals surface area contributed by atoms with Crippen molar-refractivity contribution in [1.82, 2.24) is 25.8 Å². The van der Waals surface area contributed by atoms with Crippen LogP contribution in [0.1, 0.15) is 63.3 Å². The van der Waals surface area contributed by atoms with Gasteiger partial charge in [-0.2, -0.15) is 0 Å². The summed E-state index contributed by atoms with van der Waals surface area (Å²) in [6.45, 7) is 5.77. The molecule has 53 heavy (non-hydrogen) atoms. The molecule has 0 radical (unpaired) electrons. The van der Waals surface area contributed by atoms with Crippen LogP contribution in [0.5, 0.6) is 23.0 Å². The van der Waals surface area contributed by atoms with Gasteiger partial charge in [0.2, 0.25) is 11.8 Å². The van der Waals surface area contributed by atoms with Crippen LogP contribution in [0, 0.1) is 5.92 Å². The van der Waals surface area contributed by atoms with Gasteiger partial charge in [0.05, 0.1) is 46.1 Å². The van der Waals surface area contributed by atoms with Crippen molar-refractivity contribution in [3.8, 4) is 23.0 Å². The van der Waals surface area contributed by atoms with Crippen molar-refractivity contribution in [2.75, 3.05) is 60.2 Å². The lowest BCUT2D eigenvalue weighted by atomic mass is 10.0. The molecule has 2 bridgehead atoms. The van der Waals surface area contributed by atoms with Crippen molar-refractivity contribution in [3.05, 3.63) is 82.9 Å². The summed E-state index contributed by atoms with van der Waals surface area (Å²) in [6, 6.07) is 15.5. The molecule has 0 aromatic heterocycles. The summed E-state index contributed by atoms with van der Waals surface area (Å²) >= 11 is 0. The van der Waals surface area contributed by atoms with E-state index in [0.717, 1.165) is 0 Å². The molecule has 2 heterocycles. The molecule has 0 saturated carbocycles. The Morgan fingerprint density at radius 1 is 0.792 bits per heavy atom. The molecule has 14 nitrogen and oxygen atoms in total. The van der Waals surface area contributed by atoms with Gasteiger partial charge in [-0.25, -0.2) is 0 Å². The van der Waals surface area contributed by atoms with Crippen LogP contribution in [-0.2, 0) is 20.9 Å². The maximum absolute atomic E-state index is 13.8. The van der Waals surface area contributed by atoms with Gasteiger partial charge in [0.25, 0.3) is 17.7 Å². The summed E-state index contributed by atoms with van der Waals surface area (Å²) in [6.07, 6.45) is 0.977. The number of hydrogen-bond donors (Lipinski definition) is 3. The first-order valence-electron chi connectivity index (χ1n) is 17.7. The van der Waals surface area contributed by atoms with Crippen LogP contribution < -0.4 is 30.2 Å². The first-order valence-corrected chi connectivity index (χ1v) is 17.7. The number of nitrogens with zero attached hydrogens (tertiary/aromatic N) is 2. The maximum Gasteiger partial charge on any atom is 0.254 e. The highest BCUT2D eigenvalue weighted by Gasteiger charge is 2.28. The van der Waals surface area contributed by atoms with E-state index in [4.69, 9.17) is 18.9 Å². The molecule has 0 unspecified atom stereocenters. The molecule has 3 N–H and O–H groups in total. The van der Waals surface area contributed by atoms with Gasteiger partial charge >= 0.3 is 0 Å². The SMILES string of the molecule is COc1ccc2cc1Oc1cccc(OC)c1CNC(=O)[C@@H](C(C)C)NC(=O)CN(C(=O)c1ccc(C(=O)N3CCOCC3)cc1)CCCCNC2=O. The van der Waals surface area contributed by atoms with Crippen molar-refractivity contribution in [2.45, 2.75) is 39.3 Å². The predicted octanol–water partition coefficient (Wildman–Crippen LogP) is 3.39. The highest BCUT2D eigenvalue weighted by molar-refractivity contribution is 5.99. The van der Waals surface area contributed by atoms with Crippen LogP contribution >= 0.6 is 0 Å². The molecule has 3 aromatic rings. The molecule has 1 atom stereocenters. The third-order valence-corrected chi connectivity index (χ3v) is 9.10. The van der Waals surface area contributed by atoms with E-state index in [1.165, 1.54) is 19.1 Å². The van der Waals surface area contributed by atoms with Gasteiger partial charge in [0, 0.05) is 42.9 Å². The van der Waals surface area contributed by atoms with E-state index in [1.54, 1.807) is 65.6 Å². The van der Waals surface area contributed by atoms with Crippen molar-refractivity contribution in [3.63, 3.8) is 0 Å². The summed E-state index contributed by atoms with van der Waals surface area (Å²) in [7, 11) is 3.00. The smallest absolute Gasteiger partial charge is 0.254 e. The van der Waals surface area contributed by atoms with E-state index in [-0.39, 0.29) is 43.1 Å². The number of benzene rings is 3. The number of morpholine rings is 1. The Labute approximate surface area is 309 Å². The second-order valence-corrected chi connectivity index (χ2v) is 13.1. The lowest BCUT2D eigenvalue weighted by molar-refractivity contribution is -0.130. The van der Waals surface area contributed by atoms with E-state index in [9.17, 15) is 24.0 Å². The Bertz CT molecular complexity index is 1790. The highest BCUT2D eigenvalue weighted by atomic mass is 16.5. The standard InChI is InChI=1S/C39H47N5O9/c1-25(2)35-37(47)41-23-29-30(50-3)8-7-9-31(29)53-33-22-28(14-15-32(33)51-4)36(46)40-16-5-6-17-44(24-34(45)42-35)39(49)27-12-10-26(11-13-27)38(48)43-18-20-52-21-19-43/h7-15,22,25,35H,5-6,16-21,23-24H2,1-4H3,(H,40,46)(H,41,47)(H,42,45)/t35-/m1/s1. The number of carbonyl (C=O) groups is 5. The summed E-state index contributed by atoms with van der Waals surface area (Å²) in [4.78, 5) is 70.2. The fraction of sp³-hybridized carbons (Fsp3) is 0.410. The van der Waals surface area contributed by atoms with Gasteiger partial charge in [-0.1, -0.05) is 19.9 Å². The summed E-state index contributed by atoms with van der Waals surface area (Å²) in [5.41, 5.74) is 1.63. The zero-order valence-electron chi connectivity index (χ0n) is 30.6. The molecular weight excluding hydrogens is 682 g/mol. The molecule has 0 spiro atoms. The number of methoxy groups -OCH3 is 2. The van der Waals surface area contributed by atoms with Crippen LogP contribution in [0.3, 0.4) is 0 Å². The molecule has 2 aliphatic rings. The average molecular weight is 730 g/mol. The second-order valence-electron chi connectivity index (χ2n) is 13.1. The minimum Gasteiger partial charge on any atom is -0.496 e. The summed E-state index contributed by atoms with van der Waals surface area (Å²) in [5, 5.41) is 8.63. The Hall–Kier alpha value is -5.63. The predicted molar refractivity (Wildman–Crippen MR) is 195 cm³/mol. The largest absolute Gasteiger partial charge is 0.496 e. The van der Waals surface area contributed by atoms with Crippen LogP contribution in [0.25, 0.3) is 0 Å². The minimum absolute atomic E-state index is 0.00555. The molecule has 14 heteroatoms. The van der Waals surface area contributed by atoms with Crippen molar-refractivity contribution in [1.29, 1.82) is 0 Å². The number of carbonyl (C=O) groups excluding carboxylic acids is 5. The van der Waals surface area contributed by atoms with Crippen molar-refractivity contribution < 1.29 is 42.9 Å². The van der Waals surface area contributed by atoms with Gasteiger partial charge in [-0.15, -0.1) is 0 Å². The normalized spacial score (nSPS) is 17.8. The number of nitrogens with one attached hydrogen (secondary N) is 3. The Kier molecular flexibility index (Phi) is 13.3. The lowest BCUT2D eigenvalue weighted by Gasteiger charge is -2.27. The minimum atomic E-state index is -0.915. The quantitative estimate of drug-likeness (QED) is 0.357. The van der Waals surface area contributed by atoms with Crippen LogP contribution in [0.4, 0.5) is 0 Å². The van der Waals surface area contributed by atoms with E-state index in [1.807, 2.05) is 13.8 Å². The van der Waals surface area contributed by atoms with Gasteiger partial charge in [0.15, 0.2) is 11.5 Å². The molecule has 5 rings (SSSR count). The van der Waals surface area contributed by atoms with Gasteiger partial charge in [0.1, 0.15) is 17.5 Å². The molecule has 3 aromatic carbocycles. The third-order valence-electron chi connectivity index (χ3n) is 9.10. The number of ether oxygens (including phenoxy) is 4. The monoisotopic (exact) mass is 729 g/mol. The van der Waals surface area contributed by atoms with E-state index in [0.29, 0.717) is 85.2 Å². The molecule has 282 valence electrons. The van der Waals surface area contributed by atoms with Crippen LogP contribution in [-0.4, -0.2) is 106 Å². The zero-order chi connectivity index (χ0) is 37.9. The van der Waals surface area contributed by atoms with Gasteiger partial charge in [-0.3, -0.25) is 24.0 Å². The molecular formula is C39H47N5O9. The van der Waals surface area contributed by atoms with Crippen molar-refractivity contribution >= 4 is 29.5 Å². The molecule has 2 aliphatic heterocycles. The maximum atomic E-state index is 13.8. The van der Waals surface area contributed by atoms with E-state index in [2.05, 4.69) is 16.0 Å². The number of fused-ring (bicyclic) bond motifs is 3. The third kappa shape index (κ3) is 9.83. The Morgan fingerprint density at radius 2 is 1.47 bits per heavy atom. The molecule has 5 amide bonds. The van der Waals surface area contributed by atoms with Gasteiger partial charge in [-0.05, 0) is 73.4 Å². The summed E-state index contributed by atoms with van der Waals surface area (Å²) < 4.78 is 22.7. The van der Waals surface area contributed by atoms with Crippen LogP contribution in [0.15, 0.2) is 60.7 Å². The zero-order valence-corrected chi connectivity index (χ0v) is 30.6. The molecule has 0 aliphatic carbocycles. The summed E-state index contributed by atoms with van der Waals surface area (Å²) in [5.74, 6) is -0.613. The first kappa shape index (κ1) is 38.6. The topological polar surface area (TPSA) is 165 Å². The fourth-order valence-electron chi connectivity index (χ4n) is 6.11. The molecule has 1 fully saturated rings. The number of hydrogen-bond acceptors (Lipinski definition) is 9. The van der Waals surface area contributed by atoms with Crippen molar-refractivity contribution in [2.24, 2.45) is 5.92 Å². The van der Waals surface area contributed by atoms with Crippen LogP contribution in [0.2, 0.25) is 0 Å². The van der Waals surface area contributed by atoms with Gasteiger partial charge < -0.3 is 44.7 Å². The lowest BCUT2D eigenvalue weighted by Crippen LogP contribution is -2.52. The van der Waals surface area contributed by atoms with E-state index < -0.39 is 23.8 Å². The number of rotatable bonds is 5. The highest BCUT2D eigenvalue weighted by Crippen LogP contribution is 2.37. The average Bonchev–Trinajstić information content (AvgIpc) is 3.17. The van der Waals surface area contributed by atoms with E-state index >= 15 is 0 Å². The fourth-order valence-corrected chi connectivity index (χ4v) is 6.11. The Balaban J connectivity index is 1.40. The number of amides is 5. The Morgan fingerprint density at radius 3 is 2.13 bits per heavy atom. The molecule has 1 saturated heterocycles. The second kappa shape index (κ2) is 18.2.